The van der Waals surface area contributed by atoms with Gasteiger partial charge < -0.3 is 9.47 Å². The van der Waals surface area contributed by atoms with Crippen molar-refractivity contribution in [3.63, 3.8) is 0 Å². The van der Waals surface area contributed by atoms with Gasteiger partial charge in [-0.3, -0.25) is 14.5 Å². The molecule has 0 bridgehead atoms. The number of Topliss-reactive ketones (excluding diaryl/α,β-unsaturated/α-hetero) is 1. The van der Waals surface area contributed by atoms with Crippen LogP contribution < -0.4 is 0 Å². The maximum atomic E-state index is 12.3. The highest BCUT2D eigenvalue weighted by Crippen LogP contribution is 2.34. The van der Waals surface area contributed by atoms with Crippen molar-refractivity contribution in [1.29, 1.82) is 0 Å². The molecule has 2 atom stereocenters. The van der Waals surface area contributed by atoms with Crippen molar-refractivity contribution in [2.45, 2.75) is 32.2 Å². The summed E-state index contributed by atoms with van der Waals surface area (Å²) >= 11 is 0. The van der Waals surface area contributed by atoms with Crippen molar-refractivity contribution in [3.8, 4) is 0 Å². The zero-order valence-electron chi connectivity index (χ0n) is 13.2. The molecule has 0 aromatic rings. The van der Waals surface area contributed by atoms with E-state index in [1.54, 1.807) is 20.8 Å². The number of carbonyl (C=O) groups excluding carboxylic acids is 2. The second kappa shape index (κ2) is 5.75. The van der Waals surface area contributed by atoms with E-state index < -0.39 is 32.6 Å². The average molecular weight is 331 g/mol. The van der Waals surface area contributed by atoms with Crippen molar-refractivity contribution in [2.75, 3.05) is 26.1 Å². The maximum absolute atomic E-state index is 12.3. The van der Waals surface area contributed by atoms with Crippen molar-refractivity contribution in [2.24, 2.45) is 5.41 Å². The number of sulfone groups is 1. The van der Waals surface area contributed by atoms with E-state index in [2.05, 4.69) is 0 Å². The molecule has 0 saturated carbocycles. The van der Waals surface area contributed by atoms with Crippen LogP contribution in [0.15, 0.2) is 11.8 Å². The summed E-state index contributed by atoms with van der Waals surface area (Å²) in [5.74, 6) is -0.784. The molecule has 0 N–H and O–H groups in total. The highest BCUT2D eigenvalue weighted by Gasteiger charge is 2.57. The quantitative estimate of drug-likeness (QED) is 0.665. The van der Waals surface area contributed by atoms with E-state index in [0.29, 0.717) is 5.57 Å². The lowest BCUT2D eigenvalue weighted by Crippen LogP contribution is -2.68. The Morgan fingerprint density at radius 1 is 1.41 bits per heavy atom. The van der Waals surface area contributed by atoms with Gasteiger partial charge in [-0.2, -0.15) is 0 Å². The Hall–Kier alpha value is -1.25. The van der Waals surface area contributed by atoms with Gasteiger partial charge >= 0.3 is 0 Å². The Balaban J connectivity index is 2.10. The van der Waals surface area contributed by atoms with Crippen molar-refractivity contribution in [3.05, 3.63) is 11.8 Å². The number of hydrogen-bond acceptors (Lipinski definition) is 6. The maximum Gasteiger partial charge on any atom is 0.260 e. The third kappa shape index (κ3) is 3.09. The van der Waals surface area contributed by atoms with Gasteiger partial charge in [-0.05, 0) is 5.57 Å². The lowest BCUT2D eigenvalue weighted by Gasteiger charge is -2.46. The van der Waals surface area contributed by atoms with E-state index in [1.807, 2.05) is 0 Å². The summed E-state index contributed by atoms with van der Waals surface area (Å²) in [6.07, 6.45) is 0.403. The van der Waals surface area contributed by atoms with E-state index >= 15 is 0 Å². The third-order valence-electron chi connectivity index (χ3n) is 3.67. The lowest BCUT2D eigenvalue weighted by molar-refractivity contribution is -0.163. The lowest BCUT2D eigenvalue weighted by atomic mass is 9.91. The summed E-state index contributed by atoms with van der Waals surface area (Å²) in [5.41, 5.74) is -0.0694. The number of rotatable bonds is 5. The molecule has 7 nitrogen and oxygen atoms in total. The number of methoxy groups -OCH3 is 1. The first-order chi connectivity index (χ1) is 10.1. The molecule has 8 heteroatoms. The topological polar surface area (TPSA) is 90.0 Å². The Labute approximate surface area is 130 Å². The molecule has 0 aliphatic carbocycles. The Morgan fingerprint density at radius 3 is 2.59 bits per heavy atom. The highest BCUT2D eigenvalue weighted by molar-refractivity contribution is 7.92. The fourth-order valence-electron chi connectivity index (χ4n) is 2.33. The number of hydrogen-bond donors (Lipinski definition) is 0. The molecule has 1 amide bonds. The smallest absolute Gasteiger partial charge is 0.260 e. The zero-order valence-corrected chi connectivity index (χ0v) is 14.0. The molecular weight excluding hydrogens is 310 g/mol. The van der Waals surface area contributed by atoms with E-state index in [4.69, 9.17) is 9.47 Å². The highest BCUT2D eigenvalue weighted by atomic mass is 32.2. The molecule has 0 aromatic carbocycles. The first kappa shape index (κ1) is 17.1. The third-order valence-corrected chi connectivity index (χ3v) is 5.65. The molecule has 0 aromatic heterocycles. The predicted molar refractivity (Wildman–Crippen MR) is 78.6 cm³/mol. The van der Waals surface area contributed by atoms with Crippen LogP contribution in [-0.2, 0) is 28.9 Å². The number of ether oxygens (including phenoxy) is 2. The molecule has 2 aliphatic heterocycles. The van der Waals surface area contributed by atoms with Crippen LogP contribution in [0.4, 0.5) is 0 Å². The van der Waals surface area contributed by atoms with E-state index in [-0.39, 0.29) is 24.7 Å². The standard InChI is InChI=1S/C14H21NO6S/c1-14(2,3)10(16)7-21-11-12(17)15-5-9(6-20-4)8-22(18,19)13(11)15/h5,11,13H,6-8H2,1-4H3/t11-,13-/m0/s1. The molecule has 1 saturated heterocycles. The first-order valence-electron chi connectivity index (χ1n) is 6.95. The van der Waals surface area contributed by atoms with Gasteiger partial charge in [-0.15, -0.1) is 0 Å². The summed E-state index contributed by atoms with van der Waals surface area (Å²) in [6.45, 7) is 5.11. The van der Waals surface area contributed by atoms with Gasteiger partial charge in [-0.1, -0.05) is 20.8 Å². The van der Waals surface area contributed by atoms with Gasteiger partial charge in [-0.25, -0.2) is 8.42 Å². The van der Waals surface area contributed by atoms with Crippen LogP contribution in [0.3, 0.4) is 0 Å². The molecular formula is C14H21NO6S. The summed E-state index contributed by atoms with van der Waals surface area (Å²) in [6, 6.07) is 0. The van der Waals surface area contributed by atoms with Gasteiger partial charge in [0.05, 0.1) is 12.4 Å². The number of fused-ring (bicyclic) bond motifs is 1. The molecule has 0 unspecified atom stereocenters. The number of β-lactam (4-membered cyclic amide) rings is 1. The normalized spacial score (nSPS) is 27.0. The van der Waals surface area contributed by atoms with Crippen molar-refractivity contribution in [1.82, 2.24) is 4.90 Å². The second-order valence-electron chi connectivity index (χ2n) is 6.57. The van der Waals surface area contributed by atoms with Crippen LogP contribution in [-0.4, -0.2) is 62.6 Å². The molecule has 124 valence electrons. The van der Waals surface area contributed by atoms with Gasteiger partial charge in [0, 0.05) is 18.7 Å². The van der Waals surface area contributed by atoms with Gasteiger partial charge in [0.15, 0.2) is 27.1 Å². The number of nitrogens with zero attached hydrogens (tertiary/aromatic N) is 1. The fourth-order valence-corrected chi connectivity index (χ4v) is 4.26. The Bertz CT molecular complexity index is 616. The minimum absolute atomic E-state index is 0.157. The van der Waals surface area contributed by atoms with Gasteiger partial charge in [0.25, 0.3) is 5.91 Å². The molecule has 2 aliphatic rings. The summed E-state index contributed by atoms with van der Waals surface area (Å²) in [5, 5.41) is -1.03. The molecule has 1 fully saturated rings. The van der Waals surface area contributed by atoms with Crippen LogP contribution in [0.2, 0.25) is 0 Å². The molecule has 2 rings (SSSR count). The minimum atomic E-state index is -3.54. The minimum Gasteiger partial charge on any atom is -0.380 e. The van der Waals surface area contributed by atoms with Crippen LogP contribution in [0.5, 0.6) is 0 Å². The largest absolute Gasteiger partial charge is 0.380 e. The molecule has 22 heavy (non-hydrogen) atoms. The molecule has 2 heterocycles. The SMILES string of the molecule is COCC1=CN2C(=O)[C@H](OCC(=O)C(C)(C)C)[C@@H]2S(=O)(=O)C1. The Morgan fingerprint density at radius 2 is 2.05 bits per heavy atom. The van der Waals surface area contributed by atoms with Crippen LogP contribution in [0.1, 0.15) is 20.8 Å². The summed E-state index contributed by atoms with van der Waals surface area (Å²) < 4.78 is 34.8. The van der Waals surface area contributed by atoms with Gasteiger partial charge in [0.1, 0.15) is 6.61 Å². The van der Waals surface area contributed by atoms with E-state index in [0.717, 1.165) is 4.90 Å². The number of ketones is 1. The first-order valence-corrected chi connectivity index (χ1v) is 8.66. The number of carbonyl (C=O) groups is 2. The fraction of sp³-hybridized carbons (Fsp3) is 0.714. The monoisotopic (exact) mass is 331 g/mol. The summed E-state index contributed by atoms with van der Waals surface area (Å²) in [7, 11) is -2.08. The molecule has 0 radical (unpaired) electrons. The van der Waals surface area contributed by atoms with Crippen LogP contribution in [0, 0.1) is 5.41 Å². The van der Waals surface area contributed by atoms with Crippen LogP contribution in [0.25, 0.3) is 0 Å². The average Bonchev–Trinajstić information content (AvgIpc) is 2.38. The van der Waals surface area contributed by atoms with E-state index in [1.165, 1.54) is 13.3 Å². The van der Waals surface area contributed by atoms with Crippen molar-refractivity contribution >= 4 is 21.5 Å². The zero-order chi connectivity index (χ0) is 16.7. The molecule has 0 spiro atoms. The van der Waals surface area contributed by atoms with Crippen LogP contribution >= 0.6 is 0 Å². The predicted octanol–water partition coefficient (Wildman–Crippen LogP) is 0.114. The second-order valence-corrected chi connectivity index (χ2v) is 8.67. The van der Waals surface area contributed by atoms with Gasteiger partial charge in [0.2, 0.25) is 0 Å². The summed E-state index contributed by atoms with van der Waals surface area (Å²) in [4.78, 5) is 25.0. The number of amides is 1. The Kier molecular flexibility index (Phi) is 4.47. The van der Waals surface area contributed by atoms with E-state index in [9.17, 15) is 18.0 Å². The van der Waals surface area contributed by atoms with Crippen molar-refractivity contribution < 1.29 is 27.5 Å².